The predicted molar refractivity (Wildman–Crippen MR) is 92.0 cm³/mol. The van der Waals surface area contributed by atoms with Crippen molar-refractivity contribution in [2.24, 2.45) is 10.9 Å². The highest BCUT2D eigenvalue weighted by molar-refractivity contribution is 8.14. The summed E-state index contributed by atoms with van der Waals surface area (Å²) in [5, 5.41) is 3.78. The molecule has 2 aliphatic heterocycles. The van der Waals surface area contributed by atoms with Crippen LogP contribution in [-0.4, -0.2) is 59.7 Å². The van der Waals surface area contributed by atoms with E-state index in [1.54, 1.807) is 6.08 Å². The maximum Gasteiger partial charge on any atom is 0.303 e. The Morgan fingerprint density at radius 3 is 2.60 bits per heavy atom. The lowest BCUT2D eigenvalue weighted by Gasteiger charge is -2.41. The maximum atomic E-state index is 12.2. The fraction of sp³-hybridized carbons (Fsp3) is 0.625. The standard InChI is InChI=1S/C16H22N2O6S/c1-5-6-17-16-18-13-14(23-10(4)21)12(8(2)19)11(7-22-9(3)20)24-15(13)25-16/h5,11-15H,1,6-7H2,2-4H3,(H,17,18)/t11-,12-,13?,14+,15+/m1/s1. The molecule has 2 rings (SSSR count). The van der Waals surface area contributed by atoms with Crippen molar-refractivity contribution in [3.63, 3.8) is 0 Å². The van der Waals surface area contributed by atoms with Crippen molar-refractivity contribution in [3.05, 3.63) is 12.7 Å². The Balaban J connectivity index is 2.27. The van der Waals surface area contributed by atoms with Crippen molar-refractivity contribution < 1.29 is 28.6 Å². The Morgan fingerprint density at radius 2 is 2.04 bits per heavy atom. The summed E-state index contributed by atoms with van der Waals surface area (Å²) >= 11 is 1.34. The largest absolute Gasteiger partial charge is 0.463 e. The minimum absolute atomic E-state index is 0.0831. The van der Waals surface area contributed by atoms with Gasteiger partial charge in [-0.05, 0) is 6.92 Å². The number of hydrogen-bond acceptors (Lipinski definition) is 8. The molecule has 0 aromatic rings. The molecule has 9 heteroatoms. The summed E-state index contributed by atoms with van der Waals surface area (Å²) in [7, 11) is 0. The smallest absolute Gasteiger partial charge is 0.303 e. The summed E-state index contributed by atoms with van der Waals surface area (Å²) in [6, 6.07) is -0.417. The van der Waals surface area contributed by atoms with Crippen molar-refractivity contribution in [2.45, 2.75) is 44.5 Å². The predicted octanol–water partition coefficient (Wildman–Crippen LogP) is 0.658. The zero-order chi connectivity index (χ0) is 18.6. The second-order valence-electron chi connectivity index (χ2n) is 5.78. The van der Waals surface area contributed by atoms with Gasteiger partial charge in [0.25, 0.3) is 0 Å². The number of nitrogens with one attached hydrogen (secondary N) is 1. The molecule has 138 valence electrons. The fourth-order valence-electron chi connectivity index (χ4n) is 2.87. The summed E-state index contributed by atoms with van der Waals surface area (Å²) in [4.78, 5) is 39.2. The lowest BCUT2D eigenvalue weighted by molar-refractivity contribution is -0.182. The highest BCUT2D eigenvalue weighted by Gasteiger charge is 2.53. The Kier molecular flexibility index (Phi) is 6.60. The summed E-state index contributed by atoms with van der Waals surface area (Å²) in [6.07, 6.45) is 0.224. The number of aliphatic imine (C=N–C) groups is 1. The second kappa shape index (κ2) is 8.48. The van der Waals surface area contributed by atoms with E-state index in [9.17, 15) is 14.4 Å². The number of Topliss-reactive ketones (excluding diaryl/α,β-unsaturated/α-hetero) is 1. The number of carbonyl (C=O) groups excluding carboxylic acids is 3. The first kappa shape index (κ1) is 19.5. The molecule has 2 fully saturated rings. The molecule has 2 aliphatic rings. The molecular formula is C16H22N2O6S. The molecule has 0 aliphatic carbocycles. The van der Waals surface area contributed by atoms with Crippen LogP contribution in [0.25, 0.3) is 0 Å². The molecule has 0 saturated carbocycles. The second-order valence-corrected chi connectivity index (χ2v) is 6.87. The Bertz CT molecular complexity index is 593. The molecule has 0 aromatic heterocycles. The number of rotatable bonds is 6. The topological polar surface area (TPSA) is 103 Å². The first-order valence-corrected chi connectivity index (χ1v) is 8.76. The SMILES string of the molecule is C=CCN=C1NC2[C@@H](OC(C)=O)[C@H](C(C)=O)[C@@H](COC(C)=O)O[C@H]2S1. The van der Waals surface area contributed by atoms with Gasteiger partial charge in [0.05, 0.1) is 12.5 Å². The van der Waals surface area contributed by atoms with Crippen LogP contribution in [0.1, 0.15) is 20.8 Å². The van der Waals surface area contributed by atoms with Gasteiger partial charge in [0, 0.05) is 13.8 Å². The van der Waals surface area contributed by atoms with E-state index in [1.165, 1.54) is 32.5 Å². The van der Waals surface area contributed by atoms with E-state index in [-0.39, 0.29) is 12.4 Å². The zero-order valence-corrected chi connectivity index (χ0v) is 15.2. The molecule has 0 amide bonds. The highest BCUT2D eigenvalue weighted by Crippen LogP contribution is 2.38. The van der Waals surface area contributed by atoms with Gasteiger partial charge in [0.15, 0.2) is 5.17 Å². The van der Waals surface area contributed by atoms with Crippen LogP contribution in [0.5, 0.6) is 0 Å². The van der Waals surface area contributed by atoms with Gasteiger partial charge >= 0.3 is 11.9 Å². The first-order chi connectivity index (χ1) is 11.8. The number of carbonyl (C=O) groups is 3. The molecule has 1 unspecified atom stereocenters. The van der Waals surface area contributed by atoms with Crippen LogP contribution in [0, 0.1) is 5.92 Å². The zero-order valence-electron chi connectivity index (χ0n) is 14.4. The highest BCUT2D eigenvalue weighted by atomic mass is 32.2. The Hall–Kier alpha value is -1.87. The van der Waals surface area contributed by atoms with Crippen LogP contribution in [0.2, 0.25) is 0 Å². The molecule has 0 aromatic carbocycles. The monoisotopic (exact) mass is 370 g/mol. The lowest BCUT2D eigenvalue weighted by atomic mass is 9.85. The average molecular weight is 370 g/mol. The molecule has 2 saturated heterocycles. The van der Waals surface area contributed by atoms with Crippen molar-refractivity contribution in [1.82, 2.24) is 5.32 Å². The molecule has 0 bridgehead atoms. The van der Waals surface area contributed by atoms with E-state index in [0.29, 0.717) is 11.7 Å². The number of ether oxygens (including phenoxy) is 3. The number of ketones is 1. The van der Waals surface area contributed by atoms with E-state index in [0.717, 1.165) is 0 Å². The molecular weight excluding hydrogens is 348 g/mol. The van der Waals surface area contributed by atoms with Crippen LogP contribution < -0.4 is 5.32 Å². The summed E-state index contributed by atoms with van der Waals surface area (Å²) in [6.45, 7) is 7.94. The van der Waals surface area contributed by atoms with Gasteiger partial charge in [0.1, 0.15) is 36.1 Å². The van der Waals surface area contributed by atoms with Crippen LogP contribution in [0.3, 0.4) is 0 Å². The molecule has 2 heterocycles. The van der Waals surface area contributed by atoms with E-state index < -0.39 is 41.5 Å². The third-order valence-electron chi connectivity index (χ3n) is 3.81. The van der Waals surface area contributed by atoms with Gasteiger partial charge < -0.3 is 19.5 Å². The minimum Gasteiger partial charge on any atom is -0.463 e. The van der Waals surface area contributed by atoms with Crippen molar-refractivity contribution in [2.75, 3.05) is 13.2 Å². The number of nitrogens with zero attached hydrogens (tertiary/aromatic N) is 1. The fourth-order valence-corrected chi connectivity index (χ4v) is 4.01. The summed E-state index contributed by atoms with van der Waals surface area (Å²) in [5.41, 5.74) is -0.413. The van der Waals surface area contributed by atoms with Gasteiger partial charge in [-0.25, -0.2) is 0 Å². The van der Waals surface area contributed by atoms with E-state index in [4.69, 9.17) is 14.2 Å². The maximum absolute atomic E-state index is 12.2. The van der Waals surface area contributed by atoms with Crippen molar-refractivity contribution in [1.29, 1.82) is 0 Å². The first-order valence-electron chi connectivity index (χ1n) is 7.88. The quantitative estimate of drug-likeness (QED) is 0.537. The lowest BCUT2D eigenvalue weighted by Crippen LogP contribution is -2.60. The average Bonchev–Trinajstić information content (AvgIpc) is 2.92. The van der Waals surface area contributed by atoms with Crippen LogP contribution >= 0.6 is 11.8 Å². The van der Waals surface area contributed by atoms with Crippen LogP contribution in [0.4, 0.5) is 0 Å². The van der Waals surface area contributed by atoms with E-state index in [1.807, 2.05) is 0 Å². The number of hydrogen-bond donors (Lipinski definition) is 1. The van der Waals surface area contributed by atoms with Gasteiger partial charge in [-0.2, -0.15) is 0 Å². The molecule has 0 spiro atoms. The number of fused-ring (bicyclic) bond motifs is 1. The van der Waals surface area contributed by atoms with Crippen LogP contribution in [-0.2, 0) is 28.6 Å². The molecule has 25 heavy (non-hydrogen) atoms. The molecule has 0 radical (unpaired) electrons. The Morgan fingerprint density at radius 1 is 1.32 bits per heavy atom. The van der Waals surface area contributed by atoms with Gasteiger partial charge in [-0.1, -0.05) is 17.8 Å². The van der Waals surface area contributed by atoms with Crippen molar-refractivity contribution in [3.8, 4) is 0 Å². The van der Waals surface area contributed by atoms with Gasteiger partial charge in [0.2, 0.25) is 0 Å². The van der Waals surface area contributed by atoms with Crippen molar-refractivity contribution >= 4 is 34.7 Å². The van der Waals surface area contributed by atoms with Crippen LogP contribution in [0.15, 0.2) is 17.6 Å². The summed E-state index contributed by atoms with van der Waals surface area (Å²) in [5.74, 6) is -1.91. The third kappa shape index (κ3) is 4.82. The van der Waals surface area contributed by atoms with Gasteiger partial charge in [-0.15, -0.1) is 6.58 Å². The number of esters is 2. The normalized spacial score (nSPS) is 32.4. The summed E-state index contributed by atoms with van der Waals surface area (Å²) < 4.78 is 16.4. The minimum atomic E-state index is -0.739. The number of amidine groups is 1. The van der Waals surface area contributed by atoms with Gasteiger partial charge in [-0.3, -0.25) is 19.4 Å². The number of thioether (sulfide) groups is 1. The van der Waals surface area contributed by atoms with E-state index >= 15 is 0 Å². The Labute approximate surface area is 150 Å². The molecule has 5 atom stereocenters. The third-order valence-corrected chi connectivity index (χ3v) is 4.92. The van der Waals surface area contributed by atoms with E-state index in [2.05, 4.69) is 16.9 Å². The molecule has 1 N–H and O–H groups in total. The molecule has 8 nitrogen and oxygen atoms in total.